The number of aromatic nitrogens is 1. The molecule has 178 valence electrons. The van der Waals surface area contributed by atoms with Gasteiger partial charge in [0.15, 0.2) is 0 Å². The monoisotopic (exact) mass is 481 g/mol. The third kappa shape index (κ3) is 7.57. The van der Waals surface area contributed by atoms with Crippen LogP contribution >= 0.6 is 11.6 Å². The van der Waals surface area contributed by atoms with E-state index in [9.17, 15) is 9.59 Å². The number of pyridine rings is 1. The first-order valence-electron chi connectivity index (χ1n) is 11.1. The summed E-state index contributed by atoms with van der Waals surface area (Å²) in [6, 6.07) is 18.7. The minimum atomic E-state index is -1.08. The van der Waals surface area contributed by atoms with Crippen molar-refractivity contribution in [3.8, 4) is 11.3 Å². The van der Waals surface area contributed by atoms with Gasteiger partial charge < -0.3 is 20.8 Å². The van der Waals surface area contributed by atoms with Gasteiger partial charge in [0, 0.05) is 18.3 Å². The lowest BCUT2D eigenvalue weighted by molar-refractivity contribution is -0.143. The van der Waals surface area contributed by atoms with E-state index in [1.807, 2.05) is 30.5 Å². The van der Waals surface area contributed by atoms with Gasteiger partial charge in [0.25, 0.3) is 0 Å². The molecule has 2 heterocycles. The number of hydrogen-bond acceptors (Lipinski definition) is 5. The zero-order chi connectivity index (χ0) is 24.3. The number of carbonyl (C=O) groups is 2. The van der Waals surface area contributed by atoms with E-state index >= 15 is 0 Å². The van der Waals surface area contributed by atoms with Gasteiger partial charge in [-0.3, -0.25) is 14.6 Å². The van der Waals surface area contributed by atoms with Gasteiger partial charge in [0.2, 0.25) is 0 Å². The largest absolute Gasteiger partial charge is 0.481 e. The van der Waals surface area contributed by atoms with E-state index in [4.69, 9.17) is 21.8 Å². The van der Waals surface area contributed by atoms with Crippen LogP contribution in [0.3, 0.4) is 0 Å². The fourth-order valence-corrected chi connectivity index (χ4v) is 3.91. The summed E-state index contributed by atoms with van der Waals surface area (Å²) in [4.78, 5) is 23.7. The van der Waals surface area contributed by atoms with Crippen LogP contribution in [0.15, 0.2) is 60.8 Å². The second-order valence-electron chi connectivity index (χ2n) is 7.86. The Labute approximate surface area is 203 Å². The van der Waals surface area contributed by atoms with Crippen LogP contribution in [0.5, 0.6) is 0 Å². The Kier molecular flexibility index (Phi) is 9.43. The van der Waals surface area contributed by atoms with E-state index in [1.54, 1.807) is 0 Å². The number of halogens is 1. The summed E-state index contributed by atoms with van der Waals surface area (Å²) in [7, 11) is 0. The standard InChI is InChI=1S/C22H22ClN3.C4H6O4/c23-20-9-8-17-10-13-24-14-11-19(17)22(20)26-15-16-4-6-18(7-5-16)21-3-1-2-12-25-21;5-3(6)1-2-4(7)8/h1-9,12,24,26H,10-11,13-15H2;1-2H2,(H,5,6)(H,7,8). The Hall–Kier alpha value is -3.42. The minimum absolute atomic E-state index is 0.296. The van der Waals surface area contributed by atoms with Gasteiger partial charge >= 0.3 is 11.9 Å². The van der Waals surface area contributed by atoms with Crippen molar-refractivity contribution in [1.29, 1.82) is 0 Å². The fraction of sp³-hybridized carbons (Fsp3) is 0.269. The minimum Gasteiger partial charge on any atom is -0.481 e. The van der Waals surface area contributed by atoms with Gasteiger partial charge in [0.05, 0.1) is 29.2 Å². The Balaban J connectivity index is 0.000000350. The van der Waals surface area contributed by atoms with Gasteiger partial charge in [-0.2, -0.15) is 0 Å². The average Bonchev–Trinajstić information content (AvgIpc) is 3.09. The van der Waals surface area contributed by atoms with Crippen LogP contribution in [0.1, 0.15) is 29.5 Å². The van der Waals surface area contributed by atoms with E-state index in [2.05, 4.69) is 45.9 Å². The van der Waals surface area contributed by atoms with E-state index < -0.39 is 11.9 Å². The van der Waals surface area contributed by atoms with Gasteiger partial charge in [-0.15, -0.1) is 0 Å². The molecule has 0 atom stereocenters. The molecule has 0 spiro atoms. The highest BCUT2D eigenvalue weighted by Crippen LogP contribution is 2.31. The Bertz CT molecular complexity index is 1090. The van der Waals surface area contributed by atoms with Crippen LogP contribution in [-0.4, -0.2) is 40.2 Å². The lowest BCUT2D eigenvalue weighted by Crippen LogP contribution is -2.16. The maximum Gasteiger partial charge on any atom is 0.303 e. The molecule has 7 nitrogen and oxygen atoms in total. The van der Waals surface area contributed by atoms with Crippen molar-refractivity contribution < 1.29 is 19.8 Å². The van der Waals surface area contributed by atoms with Gasteiger partial charge in [-0.05, 0) is 60.8 Å². The van der Waals surface area contributed by atoms with Crippen LogP contribution < -0.4 is 10.6 Å². The van der Waals surface area contributed by atoms with Crippen molar-refractivity contribution in [3.63, 3.8) is 0 Å². The molecule has 3 aromatic rings. The molecule has 2 aromatic carbocycles. The second kappa shape index (κ2) is 12.7. The smallest absolute Gasteiger partial charge is 0.303 e. The third-order valence-electron chi connectivity index (χ3n) is 5.42. The first-order chi connectivity index (χ1) is 16.4. The predicted molar refractivity (Wildman–Crippen MR) is 133 cm³/mol. The Morgan fingerprint density at radius 1 is 0.941 bits per heavy atom. The van der Waals surface area contributed by atoms with Gasteiger partial charge in [0.1, 0.15) is 0 Å². The summed E-state index contributed by atoms with van der Waals surface area (Å²) in [5, 5.41) is 23.6. The zero-order valence-electron chi connectivity index (χ0n) is 18.8. The Morgan fingerprint density at radius 2 is 1.65 bits per heavy atom. The Morgan fingerprint density at radius 3 is 2.29 bits per heavy atom. The molecule has 0 aliphatic carbocycles. The van der Waals surface area contributed by atoms with Crippen LogP contribution in [0, 0.1) is 0 Å². The predicted octanol–water partition coefficient (Wildman–Crippen LogP) is 4.64. The topological polar surface area (TPSA) is 112 Å². The van der Waals surface area contributed by atoms with E-state index in [0.717, 1.165) is 54.4 Å². The van der Waals surface area contributed by atoms with Crippen LogP contribution in [0.4, 0.5) is 5.69 Å². The number of benzene rings is 2. The van der Waals surface area contributed by atoms with Crippen LogP contribution in [0.25, 0.3) is 11.3 Å². The normalized spacial score (nSPS) is 12.5. The molecule has 0 radical (unpaired) electrons. The van der Waals surface area contributed by atoms with Crippen molar-refractivity contribution in [2.45, 2.75) is 32.2 Å². The molecule has 8 heteroatoms. The first-order valence-corrected chi connectivity index (χ1v) is 11.5. The summed E-state index contributed by atoms with van der Waals surface area (Å²) in [5.41, 5.74) is 7.19. The first kappa shape index (κ1) is 25.2. The highest BCUT2D eigenvalue weighted by molar-refractivity contribution is 6.33. The highest BCUT2D eigenvalue weighted by Gasteiger charge is 2.14. The average molecular weight is 482 g/mol. The van der Waals surface area contributed by atoms with Gasteiger partial charge in [-0.1, -0.05) is 48.0 Å². The SMILES string of the molecule is Clc1ccc2c(c1NCc1ccc(-c3ccccn3)cc1)CCNCC2.O=C(O)CCC(=O)O. The van der Waals surface area contributed by atoms with Crippen molar-refractivity contribution in [2.75, 3.05) is 18.4 Å². The van der Waals surface area contributed by atoms with Crippen molar-refractivity contribution in [2.24, 2.45) is 0 Å². The van der Waals surface area contributed by atoms with Crippen molar-refractivity contribution in [3.05, 3.63) is 82.5 Å². The summed E-state index contributed by atoms with van der Waals surface area (Å²) in [6.45, 7) is 2.79. The molecule has 0 unspecified atom stereocenters. The lowest BCUT2D eigenvalue weighted by Gasteiger charge is -2.16. The fourth-order valence-electron chi connectivity index (χ4n) is 3.67. The number of fused-ring (bicyclic) bond motifs is 1. The molecular weight excluding hydrogens is 454 g/mol. The molecule has 1 aliphatic rings. The van der Waals surface area contributed by atoms with Crippen LogP contribution in [-0.2, 0) is 29.0 Å². The number of carboxylic acid groups (broad SMARTS) is 2. The molecule has 0 bridgehead atoms. The summed E-state index contributed by atoms with van der Waals surface area (Å²) in [5.74, 6) is -2.15. The molecule has 34 heavy (non-hydrogen) atoms. The quantitative estimate of drug-likeness (QED) is 0.389. The van der Waals surface area contributed by atoms with E-state index in [0.29, 0.717) is 0 Å². The molecule has 4 rings (SSSR count). The number of anilines is 1. The zero-order valence-corrected chi connectivity index (χ0v) is 19.5. The molecule has 4 N–H and O–H groups in total. The number of aliphatic carboxylic acids is 2. The number of rotatable bonds is 7. The van der Waals surface area contributed by atoms with Crippen molar-refractivity contribution >= 4 is 29.2 Å². The summed E-state index contributed by atoms with van der Waals surface area (Å²) in [6.07, 6.45) is 3.30. The van der Waals surface area contributed by atoms with Crippen molar-refractivity contribution in [1.82, 2.24) is 10.3 Å². The molecule has 0 saturated heterocycles. The molecule has 0 amide bonds. The third-order valence-corrected chi connectivity index (χ3v) is 5.73. The summed E-state index contributed by atoms with van der Waals surface area (Å²) < 4.78 is 0. The number of carboxylic acids is 2. The van der Waals surface area contributed by atoms with Crippen LogP contribution in [0.2, 0.25) is 5.02 Å². The molecular formula is C26H28ClN3O4. The lowest BCUT2D eigenvalue weighted by atomic mass is 10.0. The molecule has 1 aromatic heterocycles. The maximum atomic E-state index is 9.64. The van der Waals surface area contributed by atoms with Gasteiger partial charge in [-0.25, -0.2) is 0 Å². The number of hydrogen-bond donors (Lipinski definition) is 4. The maximum absolute atomic E-state index is 9.64. The van der Waals surface area contributed by atoms with E-state index in [-0.39, 0.29) is 12.8 Å². The van der Waals surface area contributed by atoms with E-state index in [1.165, 1.54) is 16.7 Å². The highest BCUT2D eigenvalue weighted by atomic mass is 35.5. The number of nitrogens with one attached hydrogen (secondary N) is 2. The molecule has 0 saturated carbocycles. The molecule has 1 aliphatic heterocycles. The molecule has 0 fully saturated rings. The summed E-state index contributed by atoms with van der Waals surface area (Å²) >= 11 is 6.49. The second-order valence-corrected chi connectivity index (χ2v) is 8.27. The number of nitrogens with zero attached hydrogens (tertiary/aromatic N) is 1.